The average molecular weight is 282 g/mol. The van der Waals surface area contributed by atoms with Gasteiger partial charge in [-0.1, -0.05) is 17.7 Å². The first-order valence-electron chi connectivity index (χ1n) is 4.66. The van der Waals surface area contributed by atoms with Crippen molar-refractivity contribution in [3.63, 3.8) is 0 Å². The lowest BCUT2D eigenvalue weighted by molar-refractivity contribution is -0.203. The van der Waals surface area contributed by atoms with E-state index in [1.165, 1.54) is 0 Å². The summed E-state index contributed by atoms with van der Waals surface area (Å²) in [6, 6.07) is 4.99. The highest BCUT2D eigenvalue weighted by molar-refractivity contribution is 7.19. The second-order valence-electron chi connectivity index (χ2n) is 3.46. The zero-order valence-corrected chi connectivity index (χ0v) is 9.90. The Morgan fingerprint density at radius 3 is 2.71 bits per heavy atom. The molecule has 1 heterocycles. The molecule has 0 radical (unpaired) electrons. The average Bonchev–Trinajstić information content (AvgIpc) is 2.60. The Bertz CT molecular complexity index is 540. The molecule has 0 aliphatic rings. The molecule has 7 heteroatoms. The van der Waals surface area contributed by atoms with Crippen LogP contribution in [0.4, 0.5) is 13.2 Å². The van der Waals surface area contributed by atoms with Gasteiger partial charge in [0.1, 0.15) is 0 Å². The van der Waals surface area contributed by atoms with Crippen molar-refractivity contribution in [1.82, 2.24) is 4.98 Å². The van der Waals surface area contributed by atoms with Crippen LogP contribution >= 0.6 is 22.9 Å². The Balaban J connectivity index is 2.29. The third-order valence-corrected chi connectivity index (χ3v) is 3.71. The molecular weight excluding hydrogens is 275 g/mol. The van der Waals surface area contributed by atoms with Crippen molar-refractivity contribution in [3.05, 3.63) is 28.2 Å². The first-order valence-corrected chi connectivity index (χ1v) is 5.86. The summed E-state index contributed by atoms with van der Waals surface area (Å²) in [6.07, 6.45) is -7.55. The number of nitrogens with zero attached hydrogens (tertiary/aromatic N) is 1. The Labute approximate surface area is 104 Å². The lowest BCUT2D eigenvalue weighted by Crippen LogP contribution is -2.30. The largest absolute Gasteiger partial charge is 0.414 e. The molecule has 1 N–H and O–H groups in total. The van der Waals surface area contributed by atoms with Crippen molar-refractivity contribution >= 4 is 33.2 Å². The molecule has 0 amide bonds. The molecule has 17 heavy (non-hydrogen) atoms. The molecule has 2 nitrogen and oxygen atoms in total. The molecule has 0 saturated heterocycles. The van der Waals surface area contributed by atoms with Crippen LogP contribution < -0.4 is 0 Å². The van der Waals surface area contributed by atoms with Gasteiger partial charge in [0.2, 0.25) is 0 Å². The molecule has 0 saturated carbocycles. The van der Waals surface area contributed by atoms with Gasteiger partial charge in [-0.15, -0.1) is 11.3 Å². The fraction of sp³-hybridized carbons (Fsp3) is 0.300. The van der Waals surface area contributed by atoms with Crippen LogP contribution in [0.3, 0.4) is 0 Å². The minimum Gasteiger partial charge on any atom is -0.383 e. The normalized spacial score (nSPS) is 14.2. The molecule has 1 aromatic heterocycles. The number of aliphatic hydroxyl groups is 1. The maximum atomic E-state index is 12.2. The van der Waals surface area contributed by atoms with Gasteiger partial charge in [0, 0.05) is 6.42 Å². The van der Waals surface area contributed by atoms with Gasteiger partial charge in [0.05, 0.1) is 20.2 Å². The minimum atomic E-state index is -4.62. The molecule has 0 spiro atoms. The van der Waals surface area contributed by atoms with Gasteiger partial charge < -0.3 is 5.11 Å². The highest BCUT2D eigenvalue weighted by Gasteiger charge is 2.38. The van der Waals surface area contributed by atoms with Crippen molar-refractivity contribution in [2.75, 3.05) is 0 Å². The molecule has 1 aromatic carbocycles. The summed E-state index contributed by atoms with van der Waals surface area (Å²) in [5.74, 6) is 0. The van der Waals surface area contributed by atoms with Gasteiger partial charge in [-0.3, -0.25) is 0 Å². The van der Waals surface area contributed by atoms with Gasteiger partial charge >= 0.3 is 6.18 Å². The van der Waals surface area contributed by atoms with Crippen LogP contribution in [0.2, 0.25) is 5.02 Å². The van der Waals surface area contributed by atoms with E-state index in [9.17, 15) is 13.2 Å². The molecule has 0 aliphatic heterocycles. The van der Waals surface area contributed by atoms with Gasteiger partial charge in [0.15, 0.2) is 6.10 Å². The van der Waals surface area contributed by atoms with E-state index in [0.29, 0.717) is 15.2 Å². The van der Waals surface area contributed by atoms with Gasteiger partial charge in [-0.2, -0.15) is 13.2 Å². The van der Waals surface area contributed by atoms with E-state index in [0.717, 1.165) is 11.3 Å². The molecule has 0 fully saturated rings. The number of benzene rings is 1. The quantitative estimate of drug-likeness (QED) is 0.915. The minimum absolute atomic E-state index is 0.220. The number of thiazole rings is 1. The third kappa shape index (κ3) is 2.70. The maximum Gasteiger partial charge on any atom is 0.414 e. The lowest BCUT2D eigenvalue weighted by Gasteiger charge is -2.12. The summed E-state index contributed by atoms with van der Waals surface area (Å²) < 4.78 is 37.1. The summed E-state index contributed by atoms with van der Waals surface area (Å²) in [5.41, 5.74) is 0.548. The summed E-state index contributed by atoms with van der Waals surface area (Å²) in [5, 5.41) is 9.61. The number of rotatable bonds is 2. The van der Waals surface area contributed by atoms with E-state index in [1.54, 1.807) is 18.2 Å². The number of fused-ring (bicyclic) bond motifs is 1. The number of aromatic nitrogens is 1. The molecule has 92 valence electrons. The molecular formula is C10H7ClF3NOS. The SMILES string of the molecule is OC(Cc1nc2cccc(Cl)c2s1)C(F)(F)F. The van der Waals surface area contributed by atoms with Crippen molar-refractivity contribution in [1.29, 1.82) is 0 Å². The van der Waals surface area contributed by atoms with Crippen LogP contribution in [0.15, 0.2) is 18.2 Å². The van der Waals surface area contributed by atoms with Crippen molar-refractivity contribution in [2.24, 2.45) is 0 Å². The van der Waals surface area contributed by atoms with E-state index in [-0.39, 0.29) is 5.01 Å². The van der Waals surface area contributed by atoms with Crippen LogP contribution in [-0.4, -0.2) is 22.4 Å². The molecule has 2 rings (SSSR count). The highest BCUT2D eigenvalue weighted by atomic mass is 35.5. The summed E-state index contributed by atoms with van der Waals surface area (Å²) in [4.78, 5) is 4.00. The van der Waals surface area contributed by atoms with Crippen molar-refractivity contribution < 1.29 is 18.3 Å². The predicted molar refractivity (Wildman–Crippen MR) is 60.4 cm³/mol. The molecule has 1 atom stereocenters. The van der Waals surface area contributed by atoms with E-state index < -0.39 is 18.7 Å². The zero-order chi connectivity index (χ0) is 12.6. The van der Waals surface area contributed by atoms with Gasteiger partial charge in [-0.25, -0.2) is 4.98 Å². The third-order valence-electron chi connectivity index (χ3n) is 2.16. The first-order chi connectivity index (χ1) is 7.88. The van der Waals surface area contributed by atoms with E-state index in [1.807, 2.05) is 0 Å². The Kier molecular flexibility index (Phi) is 3.29. The van der Waals surface area contributed by atoms with Crippen molar-refractivity contribution in [3.8, 4) is 0 Å². The summed E-state index contributed by atoms with van der Waals surface area (Å²) in [6.45, 7) is 0. The predicted octanol–water partition coefficient (Wildman–Crippen LogP) is 3.42. The van der Waals surface area contributed by atoms with Gasteiger partial charge in [0.25, 0.3) is 0 Å². The molecule has 0 bridgehead atoms. The molecule has 0 aliphatic carbocycles. The Hall–Kier alpha value is -0.850. The monoisotopic (exact) mass is 281 g/mol. The number of aliphatic hydroxyl groups excluding tert-OH is 1. The fourth-order valence-corrected chi connectivity index (χ4v) is 2.62. The van der Waals surface area contributed by atoms with Crippen LogP contribution in [0.5, 0.6) is 0 Å². The lowest BCUT2D eigenvalue weighted by atomic mass is 10.2. The van der Waals surface area contributed by atoms with E-state index >= 15 is 0 Å². The van der Waals surface area contributed by atoms with Gasteiger partial charge in [-0.05, 0) is 12.1 Å². The number of hydrogen-bond acceptors (Lipinski definition) is 3. The molecule has 1 unspecified atom stereocenters. The van der Waals surface area contributed by atoms with Crippen LogP contribution in [0.1, 0.15) is 5.01 Å². The van der Waals surface area contributed by atoms with E-state index in [2.05, 4.69) is 4.98 Å². The van der Waals surface area contributed by atoms with Crippen LogP contribution in [0.25, 0.3) is 10.2 Å². The fourth-order valence-electron chi connectivity index (χ4n) is 1.33. The summed E-state index contributed by atoms with van der Waals surface area (Å²) in [7, 11) is 0. The van der Waals surface area contributed by atoms with Crippen LogP contribution in [-0.2, 0) is 6.42 Å². The summed E-state index contributed by atoms with van der Waals surface area (Å²) >= 11 is 6.95. The first kappa shape index (κ1) is 12.6. The smallest absolute Gasteiger partial charge is 0.383 e. The number of hydrogen-bond donors (Lipinski definition) is 1. The number of halogens is 4. The Morgan fingerprint density at radius 1 is 1.41 bits per heavy atom. The van der Waals surface area contributed by atoms with E-state index in [4.69, 9.17) is 16.7 Å². The molecule has 2 aromatic rings. The second kappa shape index (κ2) is 4.44. The van der Waals surface area contributed by atoms with Crippen molar-refractivity contribution in [2.45, 2.75) is 18.7 Å². The standard InChI is InChI=1S/C10H7ClF3NOS/c11-5-2-1-3-6-9(5)17-8(15-6)4-7(16)10(12,13)14/h1-3,7,16H,4H2. The zero-order valence-electron chi connectivity index (χ0n) is 8.33. The topological polar surface area (TPSA) is 33.1 Å². The van der Waals surface area contributed by atoms with Crippen LogP contribution in [0, 0.1) is 0 Å². The number of alkyl halides is 3. The highest BCUT2D eigenvalue weighted by Crippen LogP contribution is 2.31. The Morgan fingerprint density at radius 2 is 2.12 bits per heavy atom. The maximum absolute atomic E-state index is 12.2. The second-order valence-corrected chi connectivity index (χ2v) is 4.95.